The molecule has 1 aliphatic heterocycles. The van der Waals surface area contributed by atoms with Gasteiger partial charge in [0.15, 0.2) is 0 Å². The summed E-state index contributed by atoms with van der Waals surface area (Å²) in [6.07, 6.45) is 0. The van der Waals surface area contributed by atoms with Gasteiger partial charge in [-0.05, 0) is 12.1 Å². The summed E-state index contributed by atoms with van der Waals surface area (Å²) >= 11 is 0. The first kappa shape index (κ1) is 8.83. The van der Waals surface area contributed by atoms with Crippen LogP contribution in [0.15, 0.2) is 29.4 Å². The van der Waals surface area contributed by atoms with Gasteiger partial charge in [-0.1, -0.05) is 12.1 Å². The van der Waals surface area contributed by atoms with Gasteiger partial charge in [0, 0.05) is 5.56 Å². The van der Waals surface area contributed by atoms with E-state index >= 15 is 0 Å². The van der Waals surface area contributed by atoms with Gasteiger partial charge in [-0.25, -0.2) is 9.82 Å². The summed E-state index contributed by atoms with van der Waals surface area (Å²) < 4.78 is 12.6. The smallest absolute Gasteiger partial charge is 0.263 e. The molecule has 14 heavy (non-hydrogen) atoms. The summed E-state index contributed by atoms with van der Waals surface area (Å²) in [6, 6.07) is 4.91. The van der Waals surface area contributed by atoms with E-state index in [1.165, 1.54) is 24.3 Å². The number of nitrogens with zero attached hydrogens (tertiary/aromatic N) is 1. The number of hydrogen-bond donors (Lipinski definition) is 2. The Morgan fingerprint density at radius 2 is 2.00 bits per heavy atom. The third kappa shape index (κ3) is 1.38. The zero-order chi connectivity index (χ0) is 10.1. The van der Waals surface area contributed by atoms with Crippen LogP contribution in [0.25, 0.3) is 0 Å². The first-order chi connectivity index (χ1) is 6.68. The summed E-state index contributed by atoms with van der Waals surface area (Å²) in [5.74, 6) is -0.676. The van der Waals surface area contributed by atoms with E-state index < -0.39 is 6.04 Å². The van der Waals surface area contributed by atoms with Crippen molar-refractivity contribution in [3.63, 3.8) is 0 Å². The molecule has 1 unspecified atom stereocenters. The number of nitrogens with one attached hydrogen (secondary N) is 1. The van der Waals surface area contributed by atoms with Crippen LogP contribution < -0.4 is 11.2 Å². The summed E-state index contributed by atoms with van der Waals surface area (Å²) in [6.45, 7) is 0. The second-order valence-electron chi connectivity index (χ2n) is 2.96. The van der Waals surface area contributed by atoms with E-state index in [2.05, 4.69) is 10.5 Å². The molecule has 72 valence electrons. The monoisotopic (exact) mass is 193 g/mol. The maximum absolute atomic E-state index is 12.6. The number of rotatable bonds is 1. The Hall–Kier alpha value is -1.75. The molecule has 0 radical (unpaired) electrons. The molecule has 4 nitrogen and oxygen atoms in total. The summed E-state index contributed by atoms with van der Waals surface area (Å²) in [7, 11) is 0. The average molecular weight is 193 g/mol. The van der Waals surface area contributed by atoms with E-state index in [1.54, 1.807) is 0 Å². The maximum Gasteiger partial charge on any atom is 0.263 e. The van der Waals surface area contributed by atoms with E-state index in [4.69, 9.17) is 5.73 Å². The second kappa shape index (κ2) is 3.19. The molecular weight excluding hydrogens is 185 g/mol. The van der Waals surface area contributed by atoms with Crippen LogP contribution in [0.5, 0.6) is 0 Å². The summed E-state index contributed by atoms with van der Waals surface area (Å²) in [4.78, 5) is 11.0. The molecule has 0 fully saturated rings. The number of hydrazone groups is 1. The van der Waals surface area contributed by atoms with Crippen molar-refractivity contribution in [2.45, 2.75) is 6.04 Å². The minimum absolute atomic E-state index is 0.333. The van der Waals surface area contributed by atoms with Crippen LogP contribution >= 0.6 is 0 Å². The highest BCUT2D eigenvalue weighted by molar-refractivity contribution is 6.19. The van der Waals surface area contributed by atoms with Gasteiger partial charge in [0.25, 0.3) is 5.91 Å². The Balaban J connectivity index is 2.33. The summed E-state index contributed by atoms with van der Waals surface area (Å²) in [5, 5.41) is 3.77. The number of benzene rings is 1. The van der Waals surface area contributed by atoms with E-state index in [0.717, 1.165) is 0 Å². The molecule has 1 atom stereocenters. The zero-order valence-corrected chi connectivity index (χ0v) is 7.20. The molecule has 0 aromatic heterocycles. The predicted molar refractivity (Wildman–Crippen MR) is 49.1 cm³/mol. The van der Waals surface area contributed by atoms with Gasteiger partial charge in [-0.2, -0.15) is 5.10 Å². The van der Waals surface area contributed by atoms with Gasteiger partial charge in [0.1, 0.15) is 11.9 Å². The van der Waals surface area contributed by atoms with Gasteiger partial charge in [-0.3, -0.25) is 4.79 Å². The van der Waals surface area contributed by atoms with Crippen LogP contribution in [0.4, 0.5) is 4.39 Å². The van der Waals surface area contributed by atoms with E-state index in [-0.39, 0.29) is 11.7 Å². The lowest BCUT2D eigenvalue weighted by Crippen LogP contribution is -2.37. The fourth-order valence-corrected chi connectivity index (χ4v) is 1.24. The Morgan fingerprint density at radius 3 is 2.50 bits per heavy atom. The normalized spacial score (nSPS) is 20.6. The Morgan fingerprint density at radius 1 is 1.36 bits per heavy atom. The van der Waals surface area contributed by atoms with E-state index in [0.29, 0.717) is 11.3 Å². The van der Waals surface area contributed by atoms with Crippen molar-refractivity contribution < 1.29 is 9.18 Å². The van der Waals surface area contributed by atoms with Gasteiger partial charge in [-0.15, -0.1) is 0 Å². The van der Waals surface area contributed by atoms with E-state index in [1.807, 2.05) is 0 Å². The molecule has 0 aliphatic carbocycles. The van der Waals surface area contributed by atoms with Crippen LogP contribution in [0.3, 0.4) is 0 Å². The number of hydrogen-bond acceptors (Lipinski definition) is 3. The number of amides is 1. The SMILES string of the molecule is NC1C(=O)NN=C1c1ccc(F)cc1. The molecule has 1 aromatic carbocycles. The Labute approximate surface area is 79.6 Å². The number of carbonyl (C=O) groups is 1. The first-order valence-electron chi connectivity index (χ1n) is 4.07. The minimum Gasteiger partial charge on any atom is -0.315 e. The van der Waals surface area contributed by atoms with Crippen molar-refractivity contribution in [2.24, 2.45) is 10.8 Å². The Kier molecular flexibility index (Phi) is 2.01. The highest BCUT2D eigenvalue weighted by Gasteiger charge is 2.26. The Bertz CT molecular complexity index is 399. The third-order valence-corrected chi connectivity index (χ3v) is 2.00. The molecular formula is C9H8FN3O. The van der Waals surface area contributed by atoms with Crippen molar-refractivity contribution in [3.05, 3.63) is 35.6 Å². The molecule has 1 amide bonds. The van der Waals surface area contributed by atoms with Crippen molar-refractivity contribution in [2.75, 3.05) is 0 Å². The van der Waals surface area contributed by atoms with Crippen LogP contribution in [0.1, 0.15) is 5.56 Å². The molecule has 3 N–H and O–H groups in total. The van der Waals surface area contributed by atoms with Crippen LogP contribution in [0.2, 0.25) is 0 Å². The number of nitrogens with two attached hydrogens (primary N) is 1. The standard InChI is InChI=1S/C9H8FN3O/c10-6-3-1-5(2-4-6)8-7(11)9(14)13-12-8/h1-4,7H,11H2,(H,13,14). The van der Waals surface area contributed by atoms with Gasteiger partial charge in [0.05, 0.1) is 5.71 Å². The van der Waals surface area contributed by atoms with E-state index in [9.17, 15) is 9.18 Å². The lowest BCUT2D eigenvalue weighted by Gasteiger charge is -2.03. The lowest BCUT2D eigenvalue weighted by atomic mass is 10.0. The zero-order valence-electron chi connectivity index (χ0n) is 7.20. The molecule has 1 aliphatic rings. The molecule has 0 bridgehead atoms. The highest BCUT2D eigenvalue weighted by Crippen LogP contribution is 2.09. The van der Waals surface area contributed by atoms with Crippen LogP contribution in [0, 0.1) is 5.82 Å². The minimum atomic E-state index is -0.763. The summed E-state index contributed by atoms with van der Waals surface area (Å²) in [5.41, 5.74) is 8.91. The third-order valence-electron chi connectivity index (χ3n) is 2.00. The van der Waals surface area contributed by atoms with Crippen molar-refractivity contribution >= 4 is 11.6 Å². The number of carbonyl (C=O) groups excluding carboxylic acids is 1. The molecule has 0 spiro atoms. The number of halogens is 1. The second-order valence-corrected chi connectivity index (χ2v) is 2.96. The van der Waals surface area contributed by atoms with Crippen LogP contribution in [-0.2, 0) is 4.79 Å². The topological polar surface area (TPSA) is 67.5 Å². The van der Waals surface area contributed by atoms with Crippen molar-refractivity contribution in [3.8, 4) is 0 Å². The van der Waals surface area contributed by atoms with Gasteiger partial charge < -0.3 is 5.73 Å². The molecule has 0 saturated carbocycles. The molecule has 5 heteroatoms. The quantitative estimate of drug-likeness (QED) is 0.658. The first-order valence-corrected chi connectivity index (χ1v) is 4.07. The van der Waals surface area contributed by atoms with Gasteiger partial charge in [0.2, 0.25) is 0 Å². The van der Waals surface area contributed by atoms with Gasteiger partial charge >= 0.3 is 0 Å². The van der Waals surface area contributed by atoms with Crippen molar-refractivity contribution in [1.29, 1.82) is 0 Å². The molecule has 2 rings (SSSR count). The highest BCUT2D eigenvalue weighted by atomic mass is 19.1. The fourth-order valence-electron chi connectivity index (χ4n) is 1.24. The predicted octanol–water partition coefficient (Wildman–Crippen LogP) is -0.0131. The van der Waals surface area contributed by atoms with Crippen LogP contribution in [-0.4, -0.2) is 17.7 Å². The fraction of sp³-hybridized carbons (Fsp3) is 0.111. The average Bonchev–Trinajstić information content (AvgIpc) is 2.50. The van der Waals surface area contributed by atoms with Crippen molar-refractivity contribution in [1.82, 2.24) is 5.43 Å². The molecule has 1 aromatic rings. The molecule has 0 saturated heterocycles. The lowest BCUT2D eigenvalue weighted by molar-refractivity contribution is -0.120. The maximum atomic E-state index is 12.6. The largest absolute Gasteiger partial charge is 0.315 e. The molecule has 1 heterocycles.